The van der Waals surface area contributed by atoms with E-state index >= 15 is 0 Å². The number of hydrogen-bond donors (Lipinski definition) is 1. The number of hydrogen-bond acceptors (Lipinski definition) is 4. The van der Waals surface area contributed by atoms with Crippen molar-refractivity contribution in [1.29, 1.82) is 0 Å². The van der Waals surface area contributed by atoms with Crippen molar-refractivity contribution >= 4 is 17.6 Å². The summed E-state index contributed by atoms with van der Waals surface area (Å²) in [7, 11) is 0. The highest BCUT2D eigenvalue weighted by Gasteiger charge is 2.25. The minimum absolute atomic E-state index is 0.00827. The molecule has 1 saturated heterocycles. The molecule has 0 unspecified atom stereocenters. The van der Waals surface area contributed by atoms with E-state index in [1.807, 2.05) is 24.3 Å². The largest absolute Gasteiger partial charge is 0.494 e. The lowest BCUT2D eigenvalue weighted by Gasteiger charge is -2.34. The maximum atomic E-state index is 12.9. The smallest absolute Gasteiger partial charge is 0.322 e. The minimum Gasteiger partial charge on any atom is -0.494 e. The third-order valence-corrected chi connectivity index (χ3v) is 6.39. The number of nitrogens with zero attached hydrogens (tertiary/aromatic N) is 3. The van der Waals surface area contributed by atoms with Gasteiger partial charge in [0.25, 0.3) is 5.91 Å². The van der Waals surface area contributed by atoms with Crippen LogP contribution in [0.25, 0.3) is 0 Å². The van der Waals surface area contributed by atoms with Gasteiger partial charge in [-0.3, -0.25) is 9.78 Å². The lowest BCUT2D eigenvalue weighted by molar-refractivity contribution is 0.0671. The number of benzene rings is 1. The maximum Gasteiger partial charge on any atom is 0.322 e. The summed E-state index contributed by atoms with van der Waals surface area (Å²) in [4.78, 5) is 32.8. The molecule has 7 nitrogen and oxygen atoms in total. The Kier molecular flexibility index (Phi) is 7.59. The summed E-state index contributed by atoms with van der Waals surface area (Å²) in [5.41, 5.74) is 1.31. The maximum absolute atomic E-state index is 12.9. The number of urea groups is 1. The summed E-state index contributed by atoms with van der Waals surface area (Å²) < 4.78 is 5.90. The van der Waals surface area contributed by atoms with Crippen LogP contribution in [0.2, 0.25) is 0 Å². The molecule has 0 atom stereocenters. The molecule has 1 saturated carbocycles. The Morgan fingerprint density at radius 1 is 0.969 bits per heavy atom. The molecular weight excluding hydrogens is 404 g/mol. The van der Waals surface area contributed by atoms with Crippen LogP contribution < -0.4 is 10.1 Å². The molecule has 4 rings (SSSR count). The van der Waals surface area contributed by atoms with Gasteiger partial charge < -0.3 is 19.9 Å². The molecule has 0 radical (unpaired) electrons. The van der Waals surface area contributed by atoms with Gasteiger partial charge in [-0.25, -0.2) is 4.79 Å². The van der Waals surface area contributed by atoms with Crippen molar-refractivity contribution in [3.63, 3.8) is 0 Å². The molecule has 0 bridgehead atoms. The molecule has 1 aliphatic carbocycles. The average molecular weight is 437 g/mol. The van der Waals surface area contributed by atoms with Crippen molar-refractivity contribution in [3.05, 3.63) is 54.4 Å². The van der Waals surface area contributed by atoms with Crippen LogP contribution in [0.15, 0.2) is 48.8 Å². The van der Waals surface area contributed by atoms with E-state index in [0.29, 0.717) is 37.4 Å². The Labute approximate surface area is 189 Å². The Morgan fingerprint density at radius 3 is 2.38 bits per heavy atom. The van der Waals surface area contributed by atoms with Crippen LogP contribution in [0.4, 0.5) is 10.5 Å². The molecule has 32 heavy (non-hydrogen) atoms. The second kappa shape index (κ2) is 11.0. The predicted octanol–water partition coefficient (Wildman–Crippen LogP) is 4.42. The Balaban J connectivity index is 1.21. The predicted molar refractivity (Wildman–Crippen MR) is 124 cm³/mol. The number of nitrogens with one attached hydrogen (secondary N) is 1. The SMILES string of the molecule is O=C(Nc1cccnc1)N1CCN(C(=O)c2ccc(OCCC3CCCCC3)cc2)CC1. The molecule has 2 heterocycles. The van der Waals surface area contributed by atoms with E-state index in [1.165, 1.54) is 32.1 Å². The highest BCUT2D eigenvalue weighted by Crippen LogP contribution is 2.26. The van der Waals surface area contributed by atoms with Gasteiger partial charge in [0.1, 0.15) is 5.75 Å². The molecule has 3 amide bonds. The highest BCUT2D eigenvalue weighted by atomic mass is 16.5. The summed E-state index contributed by atoms with van der Waals surface area (Å²) in [6, 6.07) is 10.8. The first-order valence-corrected chi connectivity index (χ1v) is 11.7. The first-order valence-electron chi connectivity index (χ1n) is 11.7. The molecule has 1 aromatic heterocycles. The summed E-state index contributed by atoms with van der Waals surface area (Å²) in [5, 5.41) is 2.84. The lowest BCUT2D eigenvalue weighted by atomic mass is 9.87. The summed E-state index contributed by atoms with van der Waals surface area (Å²) in [5.74, 6) is 1.61. The Morgan fingerprint density at radius 2 is 1.69 bits per heavy atom. The molecule has 1 aliphatic heterocycles. The number of aromatic nitrogens is 1. The van der Waals surface area contributed by atoms with Gasteiger partial charge in [0, 0.05) is 37.9 Å². The second-order valence-electron chi connectivity index (χ2n) is 8.62. The number of rotatable bonds is 6. The van der Waals surface area contributed by atoms with Crippen molar-refractivity contribution in [3.8, 4) is 5.75 Å². The lowest BCUT2D eigenvalue weighted by Crippen LogP contribution is -2.51. The van der Waals surface area contributed by atoms with Gasteiger partial charge in [-0.1, -0.05) is 32.1 Å². The van der Waals surface area contributed by atoms with Crippen LogP contribution in [0.3, 0.4) is 0 Å². The topological polar surface area (TPSA) is 74.8 Å². The average Bonchev–Trinajstić information content (AvgIpc) is 2.85. The zero-order valence-electron chi connectivity index (χ0n) is 18.5. The first-order chi connectivity index (χ1) is 15.7. The van der Waals surface area contributed by atoms with E-state index in [4.69, 9.17) is 4.74 Å². The van der Waals surface area contributed by atoms with Gasteiger partial charge in [-0.15, -0.1) is 0 Å². The van der Waals surface area contributed by atoms with E-state index < -0.39 is 0 Å². The third kappa shape index (κ3) is 5.99. The standard InChI is InChI=1S/C25H32N4O3/c30-24(21-8-10-23(11-9-21)32-18-12-20-5-2-1-3-6-20)28-14-16-29(17-15-28)25(31)27-22-7-4-13-26-19-22/h4,7-11,13,19-20H,1-3,5-6,12,14-18H2,(H,27,31). The zero-order valence-corrected chi connectivity index (χ0v) is 18.5. The van der Waals surface area contributed by atoms with Gasteiger partial charge in [-0.2, -0.15) is 0 Å². The second-order valence-corrected chi connectivity index (χ2v) is 8.62. The van der Waals surface area contributed by atoms with E-state index in [0.717, 1.165) is 24.7 Å². The summed E-state index contributed by atoms with van der Waals surface area (Å²) >= 11 is 0. The highest BCUT2D eigenvalue weighted by molar-refractivity contribution is 5.94. The van der Waals surface area contributed by atoms with Gasteiger partial charge in [-0.05, 0) is 48.7 Å². The van der Waals surface area contributed by atoms with Gasteiger partial charge >= 0.3 is 6.03 Å². The molecule has 170 valence electrons. The molecule has 7 heteroatoms. The fourth-order valence-electron chi connectivity index (χ4n) is 4.45. The fourth-order valence-corrected chi connectivity index (χ4v) is 4.45. The van der Waals surface area contributed by atoms with Crippen molar-refractivity contribution in [2.45, 2.75) is 38.5 Å². The monoisotopic (exact) mass is 436 g/mol. The number of piperazine rings is 1. The summed E-state index contributed by atoms with van der Waals surface area (Å²) in [6.45, 7) is 2.76. The molecule has 0 spiro atoms. The number of ether oxygens (including phenoxy) is 1. The van der Waals surface area contributed by atoms with Crippen molar-refractivity contribution in [2.24, 2.45) is 5.92 Å². The van der Waals surface area contributed by atoms with E-state index in [-0.39, 0.29) is 11.9 Å². The minimum atomic E-state index is -0.167. The number of pyridine rings is 1. The molecule has 1 aromatic carbocycles. The van der Waals surface area contributed by atoms with Gasteiger partial charge in [0.15, 0.2) is 0 Å². The van der Waals surface area contributed by atoms with Crippen LogP contribution in [-0.2, 0) is 0 Å². The molecule has 2 aliphatic rings. The van der Waals surface area contributed by atoms with Crippen molar-refractivity contribution < 1.29 is 14.3 Å². The normalized spacial score (nSPS) is 17.1. The Hall–Kier alpha value is -3.09. The molecule has 2 aromatic rings. The quantitative estimate of drug-likeness (QED) is 0.727. The van der Waals surface area contributed by atoms with Gasteiger partial charge in [0.05, 0.1) is 18.5 Å². The number of anilines is 1. The van der Waals surface area contributed by atoms with E-state index in [1.54, 1.807) is 34.3 Å². The van der Waals surface area contributed by atoms with Crippen LogP contribution in [0.1, 0.15) is 48.9 Å². The van der Waals surface area contributed by atoms with E-state index in [2.05, 4.69) is 10.3 Å². The molecule has 1 N–H and O–H groups in total. The third-order valence-electron chi connectivity index (χ3n) is 6.39. The number of carbonyl (C=O) groups excluding carboxylic acids is 2. The van der Waals surface area contributed by atoms with Crippen molar-refractivity contribution in [1.82, 2.24) is 14.8 Å². The molecular formula is C25H32N4O3. The first kappa shape index (κ1) is 22.1. The van der Waals surface area contributed by atoms with Crippen LogP contribution >= 0.6 is 0 Å². The van der Waals surface area contributed by atoms with Crippen LogP contribution in [0.5, 0.6) is 5.75 Å². The fraction of sp³-hybridized carbons (Fsp3) is 0.480. The number of carbonyl (C=O) groups is 2. The van der Waals surface area contributed by atoms with Crippen LogP contribution in [-0.4, -0.2) is 59.5 Å². The zero-order chi connectivity index (χ0) is 22.2. The Bertz CT molecular complexity index is 874. The summed E-state index contributed by atoms with van der Waals surface area (Å²) in [6.07, 6.45) is 11.1. The van der Waals surface area contributed by atoms with Gasteiger partial charge in [0.2, 0.25) is 0 Å². The van der Waals surface area contributed by atoms with Crippen molar-refractivity contribution in [2.75, 3.05) is 38.1 Å². The van der Waals surface area contributed by atoms with E-state index in [9.17, 15) is 9.59 Å². The molecule has 2 fully saturated rings. The van der Waals surface area contributed by atoms with Crippen LogP contribution in [0, 0.1) is 5.92 Å². The number of amides is 3.